The van der Waals surface area contributed by atoms with E-state index in [1.54, 1.807) is 0 Å². The summed E-state index contributed by atoms with van der Waals surface area (Å²) >= 11 is 0. The van der Waals surface area contributed by atoms with Crippen LogP contribution in [0, 0.1) is 10.1 Å². The molecule has 9 nitrogen and oxygen atoms in total. The minimum atomic E-state index is -2.03. The number of aliphatic hydroxyl groups excluding tert-OH is 2. The molecule has 1 aromatic carbocycles. The molecule has 1 aromatic heterocycles. The minimum absolute atomic E-state index is 0.170. The molecule has 2 atom stereocenters. The number of imidazole rings is 1. The average Bonchev–Trinajstić information content (AvgIpc) is 2.79. The van der Waals surface area contributed by atoms with Crippen molar-refractivity contribution in [3.8, 4) is 0 Å². The molecular formula is C10H9N3O6. The molecule has 0 aliphatic rings. The summed E-state index contributed by atoms with van der Waals surface area (Å²) in [4.78, 5) is 26.9. The summed E-state index contributed by atoms with van der Waals surface area (Å²) in [5.74, 6) is -1.77. The van der Waals surface area contributed by atoms with Crippen LogP contribution in [0.2, 0.25) is 0 Å². The number of fused-ring (bicyclic) bond motifs is 1. The van der Waals surface area contributed by atoms with Gasteiger partial charge in [0, 0.05) is 12.1 Å². The third kappa shape index (κ3) is 2.37. The van der Waals surface area contributed by atoms with Gasteiger partial charge in [0.15, 0.2) is 6.10 Å². The maximum Gasteiger partial charge on any atom is 0.335 e. The van der Waals surface area contributed by atoms with Crippen LogP contribution in [-0.2, 0) is 4.79 Å². The van der Waals surface area contributed by atoms with Crippen LogP contribution in [0.15, 0.2) is 18.2 Å². The number of carboxylic acid groups (broad SMARTS) is 1. The lowest BCUT2D eigenvalue weighted by molar-refractivity contribution is -0.384. The van der Waals surface area contributed by atoms with Crippen molar-refractivity contribution in [3.05, 3.63) is 34.1 Å². The lowest BCUT2D eigenvalue weighted by Crippen LogP contribution is -2.28. The quantitative estimate of drug-likeness (QED) is 0.448. The van der Waals surface area contributed by atoms with Crippen LogP contribution in [0.1, 0.15) is 11.9 Å². The first-order valence-electron chi connectivity index (χ1n) is 5.13. The molecule has 0 spiro atoms. The number of nitrogens with one attached hydrogen (secondary N) is 1. The molecule has 19 heavy (non-hydrogen) atoms. The Bertz CT molecular complexity index is 652. The van der Waals surface area contributed by atoms with Gasteiger partial charge < -0.3 is 20.3 Å². The molecule has 0 aliphatic heterocycles. The molecular weight excluding hydrogens is 258 g/mol. The molecule has 0 fully saturated rings. The fourth-order valence-electron chi connectivity index (χ4n) is 1.56. The van der Waals surface area contributed by atoms with Gasteiger partial charge in [0.05, 0.1) is 16.0 Å². The molecule has 2 rings (SSSR count). The number of non-ortho nitro benzene ring substituents is 1. The predicted molar refractivity (Wildman–Crippen MR) is 61.4 cm³/mol. The minimum Gasteiger partial charge on any atom is -0.479 e. The molecule has 2 aromatic rings. The van der Waals surface area contributed by atoms with Gasteiger partial charge in [-0.25, -0.2) is 9.78 Å². The van der Waals surface area contributed by atoms with E-state index in [1.807, 2.05) is 0 Å². The number of hydrogen-bond donors (Lipinski definition) is 4. The zero-order chi connectivity index (χ0) is 14.2. The monoisotopic (exact) mass is 267 g/mol. The van der Waals surface area contributed by atoms with E-state index in [2.05, 4.69) is 9.97 Å². The summed E-state index contributed by atoms with van der Waals surface area (Å²) in [6, 6.07) is 3.78. The number of rotatable bonds is 4. The molecule has 0 aliphatic carbocycles. The van der Waals surface area contributed by atoms with Crippen molar-refractivity contribution in [2.24, 2.45) is 0 Å². The van der Waals surface area contributed by atoms with Crippen LogP contribution in [0.25, 0.3) is 11.0 Å². The standard InChI is InChI=1S/C10H9N3O6/c14-7(8(15)10(16)17)9-11-5-2-1-4(13(18)19)3-6(5)12-9/h1-3,7-8,14-15H,(H,11,12)(H,16,17). The Morgan fingerprint density at radius 3 is 2.68 bits per heavy atom. The van der Waals surface area contributed by atoms with Gasteiger partial charge in [-0.2, -0.15) is 0 Å². The van der Waals surface area contributed by atoms with E-state index in [1.165, 1.54) is 18.2 Å². The third-order valence-electron chi connectivity index (χ3n) is 2.53. The highest BCUT2D eigenvalue weighted by Crippen LogP contribution is 2.22. The number of carboxylic acids is 1. The molecule has 0 saturated heterocycles. The first-order valence-corrected chi connectivity index (χ1v) is 5.13. The van der Waals surface area contributed by atoms with Gasteiger partial charge in [-0.1, -0.05) is 0 Å². The molecule has 0 radical (unpaired) electrons. The Morgan fingerprint density at radius 1 is 1.42 bits per heavy atom. The number of nitrogens with zero attached hydrogens (tertiary/aromatic N) is 2. The van der Waals surface area contributed by atoms with Gasteiger partial charge in [-0.05, 0) is 6.07 Å². The van der Waals surface area contributed by atoms with Crippen LogP contribution in [-0.4, -0.2) is 42.3 Å². The normalized spacial score (nSPS) is 14.2. The Kier molecular flexibility index (Phi) is 3.15. The van der Waals surface area contributed by atoms with Crippen molar-refractivity contribution in [1.82, 2.24) is 9.97 Å². The number of nitro groups is 1. The maximum absolute atomic E-state index is 10.6. The van der Waals surface area contributed by atoms with E-state index in [4.69, 9.17) is 5.11 Å². The third-order valence-corrected chi connectivity index (χ3v) is 2.53. The van der Waals surface area contributed by atoms with E-state index in [9.17, 15) is 25.1 Å². The number of benzene rings is 1. The van der Waals surface area contributed by atoms with Gasteiger partial charge in [0.25, 0.3) is 5.69 Å². The summed E-state index contributed by atoms with van der Waals surface area (Å²) in [5, 5.41) is 37.9. The second-order valence-corrected chi connectivity index (χ2v) is 3.81. The van der Waals surface area contributed by atoms with Crippen LogP contribution >= 0.6 is 0 Å². The van der Waals surface area contributed by atoms with E-state index in [-0.39, 0.29) is 17.0 Å². The van der Waals surface area contributed by atoms with Crippen LogP contribution in [0.4, 0.5) is 5.69 Å². The molecule has 1 heterocycles. The lowest BCUT2D eigenvalue weighted by atomic mass is 10.2. The second kappa shape index (κ2) is 4.63. The van der Waals surface area contributed by atoms with Crippen molar-refractivity contribution >= 4 is 22.7 Å². The van der Waals surface area contributed by atoms with Crippen LogP contribution in [0.5, 0.6) is 0 Å². The Balaban J connectivity index is 2.41. The zero-order valence-corrected chi connectivity index (χ0v) is 9.35. The molecule has 4 N–H and O–H groups in total. The highest BCUT2D eigenvalue weighted by Gasteiger charge is 2.27. The number of aromatic amines is 1. The number of hydrogen-bond acceptors (Lipinski definition) is 6. The number of aromatic nitrogens is 2. The van der Waals surface area contributed by atoms with E-state index < -0.39 is 23.1 Å². The van der Waals surface area contributed by atoms with Crippen molar-refractivity contribution in [3.63, 3.8) is 0 Å². The average molecular weight is 267 g/mol. The molecule has 0 bridgehead atoms. The summed E-state index contributed by atoms with van der Waals surface area (Å²) in [6.45, 7) is 0. The molecule has 0 saturated carbocycles. The Labute approximate surface area is 105 Å². The van der Waals surface area contributed by atoms with E-state index >= 15 is 0 Å². The fourth-order valence-corrected chi connectivity index (χ4v) is 1.56. The lowest BCUT2D eigenvalue weighted by Gasteiger charge is -2.10. The first kappa shape index (κ1) is 12.9. The smallest absolute Gasteiger partial charge is 0.335 e. The van der Waals surface area contributed by atoms with Gasteiger partial charge in [0.1, 0.15) is 11.9 Å². The number of nitro benzene ring substituents is 1. The summed E-state index contributed by atoms with van der Waals surface area (Å²) in [6.07, 6.45) is -3.78. The van der Waals surface area contributed by atoms with Gasteiger partial charge in [-0.3, -0.25) is 10.1 Å². The SMILES string of the molecule is O=C(O)C(O)C(O)c1nc2ccc([N+](=O)[O-])cc2[nH]1. The number of aliphatic carboxylic acids is 1. The zero-order valence-electron chi connectivity index (χ0n) is 9.35. The van der Waals surface area contributed by atoms with Gasteiger partial charge >= 0.3 is 5.97 Å². The number of carbonyl (C=O) groups is 1. The molecule has 9 heteroatoms. The Morgan fingerprint density at radius 2 is 2.11 bits per heavy atom. The van der Waals surface area contributed by atoms with Crippen molar-refractivity contribution in [1.29, 1.82) is 0 Å². The van der Waals surface area contributed by atoms with E-state index in [0.29, 0.717) is 5.52 Å². The van der Waals surface area contributed by atoms with Gasteiger partial charge in [-0.15, -0.1) is 0 Å². The summed E-state index contributed by atoms with van der Waals surface area (Å²) < 4.78 is 0. The number of H-pyrrole nitrogens is 1. The highest BCUT2D eigenvalue weighted by atomic mass is 16.6. The molecule has 2 unspecified atom stereocenters. The predicted octanol–water partition coefficient (Wildman–Crippen LogP) is -0.0500. The maximum atomic E-state index is 10.6. The van der Waals surface area contributed by atoms with Crippen molar-refractivity contribution < 1.29 is 25.0 Å². The largest absolute Gasteiger partial charge is 0.479 e. The van der Waals surface area contributed by atoms with Gasteiger partial charge in [0.2, 0.25) is 0 Å². The van der Waals surface area contributed by atoms with Crippen LogP contribution < -0.4 is 0 Å². The Hall–Kier alpha value is -2.52. The summed E-state index contributed by atoms with van der Waals surface area (Å²) in [7, 11) is 0. The highest BCUT2D eigenvalue weighted by molar-refractivity contribution is 5.78. The van der Waals surface area contributed by atoms with Crippen LogP contribution in [0.3, 0.4) is 0 Å². The molecule has 100 valence electrons. The number of aliphatic hydroxyl groups is 2. The first-order chi connectivity index (χ1) is 8.90. The topological polar surface area (TPSA) is 150 Å². The second-order valence-electron chi connectivity index (χ2n) is 3.81. The van der Waals surface area contributed by atoms with E-state index in [0.717, 1.165) is 0 Å². The van der Waals surface area contributed by atoms with Crippen molar-refractivity contribution in [2.45, 2.75) is 12.2 Å². The fraction of sp³-hybridized carbons (Fsp3) is 0.200. The van der Waals surface area contributed by atoms with Crippen molar-refractivity contribution in [2.75, 3.05) is 0 Å². The molecule has 0 amide bonds. The summed E-state index contributed by atoms with van der Waals surface area (Å²) in [5.41, 5.74) is 0.411.